The molecule has 0 aromatic heterocycles. The SMILES string of the molecule is COC(=O)C(=Cc1ccc(F)c(C)c1)c1ccc(OCC(O)CNCCOc2ccccc2OC)cc1. The molecule has 0 heterocycles. The van der Waals surface area contributed by atoms with E-state index in [0.717, 1.165) is 0 Å². The van der Waals surface area contributed by atoms with Gasteiger partial charge in [-0.25, -0.2) is 9.18 Å². The first kappa shape index (κ1) is 27.7. The van der Waals surface area contributed by atoms with Crippen molar-refractivity contribution in [3.05, 3.63) is 89.2 Å². The minimum absolute atomic E-state index is 0.0915. The molecule has 196 valence electrons. The highest BCUT2D eigenvalue weighted by Gasteiger charge is 2.14. The number of esters is 1. The molecule has 0 radical (unpaired) electrons. The monoisotopic (exact) mass is 509 g/mol. The number of para-hydroxylation sites is 2. The number of benzene rings is 3. The van der Waals surface area contributed by atoms with Gasteiger partial charge in [0.15, 0.2) is 11.5 Å². The molecule has 0 spiro atoms. The molecule has 0 aliphatic carbocycles. The van der Waals surface area contributed by atoms with Gasteiger partial charge in [0.2, 0.25) is 0 Å². The van der Waals surface area contributed by atoms with Crippen molar-refractivity contribution in [1.29, 1.82) is 0 Å². The van der Waals surface area contributed by atoms with Crippen LogP contribution in [-0.4, -0.2) is 57.7 Å². The van der Waals surface area contributed by atoms with Gasteiger partial charge < -0.3 is 29.4 Å². The average molecular weight is 510 g/mol. The first-order chi connectivity index (χ1) is 17.9. The van der Waals surface area contributed by atoms with Crippen molar-refractivity contribution in [2.75, 3.05) is 40.5 Å². The molecule has 0 bridgehead atoms. The Balaban J connectivity index is 1.48. The summed E-state index contributed by atoms with van der Waals surface area (Å²) in [5, 5.41) is 13.3. The number of rotatable bonds is 13. The summed E-state index contributed by atoms with van der Waals surface area (Å²) >= 11 is 0. The number of carbonyl (C=O) groups is 1. The number of hydrogen-bond donors (Lipinski definition) is 2. The third-order valence-corrected chi connectivity index (χ3v) is 5.49. The molecule has 0 aliphatic rings. The van der Waals surface area contributed by atoms with Crippen LogP contribution in [0.2, 0.25) is 0 Å². The lowest BCUT2D eigenvalue weighted by Gasteiger charge is -2.14. The predicted octanol–water partition coefficient (Wildman–Crippen LogP) is 4.26. The van der Waals surface area contributed by atoms with E-state index in [1.807, 2.05) is 24.3 Å². The summed E-state index contributed by atoms with van der Waals surface area (Å²) in [4.78, 5) is 12.4. The van der Waals surface area contributed by atoms with Crippen LogP contribution in [0.1, 0.15) is 16.7 Å². The number of nitrogens with one attached hydrogen (secondary N) is 1. The number of aliphatic hydroxyl groups is 1. The summed E-state index contributed by atoms with van der Waals surface area (Å²) in [6.07, 6.45) is 0.930. The standard InChI is InChI=1S/C29H32FNO6/c1-20-16-21(8-13-26(20)30)17-25(29(33)35-3)22-9-11-24(12-10-22)37-19-23(32)18-31-14-15-36-28-7-5-4-6-27(28)34-2/h4-13,16-17,23,31-32H,14-15,18-19H2,1-3H3. The lowest BCUT2D eigenvalue weighted by atomic mass is 10.0. The Bertz CT molecular complexity index is 1200. The normalized spacial score (nSPS) is 12.1. The second kappa shape index (κ2) is 14.0. The van der Waals surface area contributed by atoms with E-state index in [0.29, 0.717) is 59.2 Å². The fraction of sp³-hybridized carbons (Fsp3) is 0.276. The minimum Gasteiger partial charge on any atom is -0.493 e. The Morgan fingerprint density at radius 2 is 1.76 bits per heavy atom. The summed E-state index contributed by atoms with van der Waals surface area (Å²) < 4.78 is 35.1. The summed E-state index contributed by atoms with van der Waals surface area (Å²) in [5.74, 6) is 1.06. The van der Waals surface area contributed by atoms with E-state index < -0.39 is 12.1 Å². The van der Waals surface area contributed by atoms with E-state index >= 15 is 0 Å². The third-order valence-electron chi connectivity index (χ3n) is 5.49. The molecular weight excluding hydrogens is 477 g/mol. The first-order valence-corrected chi connectivity index (χ1v) is 11.8. The molecule has 1 atom stereocenters. The van der Waals surface area contributed by atoms with Crippen LogP contribution in [-0.2, 0) is 9.53 Å². The Morgan fingerprint density at radius 3 is 2.43 bits per heavy atom. The molecule has 3 rings (SSSR count). The van der Waals surface area contributed by atoms with Crippen LogP contribution in [0.25, 0.3) is 11.6 Å². The van der Waals surface area contributed by atoms with Crippen LogP contribution < -0.4 is 19.5 Å². The Morgan fingerprint density at radius 1 is 1.03 bits per heavy atom. The minimum atomic E-state index is -0.724. The molecule has 0 aliphatic heterocycles. The predicted molar refractivity (Wildman–Crippen MR) is 140 cm³/mol. The summed E-state index contributed by atoms with van der Waals surface area (Å²) in [7, 11) is 2.90. The van der Waals surface area contributed by atoms with Gasteiger partial charge in [0.1, 0.15) is 30.9 Å². The van der Waals surface area contributed by atoms with Crippen LogP contribution in [0.3, 0.4) is 0 Å². The van der Waals surface area contributed by atoms with Crippen molar-refractivity contribution in [2.24, 2.45) is 0 Å². The second-order valence-electron chi connectivity index (χ2n) is 8.25. The number of ether oxygens (including phenoxy) is 4. The highest BCUT2D eigenvalue weighted by molar-refractivity contribution is 6.21. The van der Waals surface area contributed by atoms with Gasteiger partial charge >= 0.3 is 5.97 Å². The van der Waals surface area contributed by atoms with Gasteiger partial charge in [-0.05, 0) is 66.1 Å². The number of halogens is 1. The Hall–Kier alpha value is -3.88. The molecule has 7 nitrogen and oxygen atoms in total. The molecule has 3 aromatic carbocycles. The Kier molecular flexibility index (Phi) is 10.5. The zero-order chi connectivity index (χ0) is 26.6. The molecule has 2 N–H and O–H groups in total. The summed E-state index contributed by atoms with van der Waals surface area (Å²) in [6.45, 7) is 3.05. The van der Waals surface area contributed by atoms with Crippen molar-refractivity contribution in [3.8, 4) is 17.2 Å². The van der Waals surface area contributed by atoms with E-state index in [1.165, 1.54) is 13.2 Å². The highest BCUT2D eigenvalue weighted by Crippen LogP contribution is 2.26. The van der Waals surface area contributed by atoms with Crippen LogP contribution in [0, 0.1) is 12.7 Å². The fourth-order valence-electron chi connectivity index (χ4n) is 3.52. The number of carbonyl (C=O) groups excluding carboxylic acids is 1. The van der Waals surface area contributed by atoms with Crippen LogP contribution >= 0.6 is 0 Å². The summed E-state index contributed by atoms with van der Waals surface area (Å²) in [5.41, 5.74) is 2.13. The lowest BCUT2D eigenvalue weighted by molar-refractivity contribution is -0.133. The van der Waals surface area contributed by atoms with Gasteiger partial charge in [0.25, 0.3) is 0 Å². The van der Waals surface area contributed by atoms with Crippen molar-refractivity contribution in [2.45, 2.75) is 13.0 Å². The van der Waals surface area contributed by atoms with E-state index in [9.17, 15) is 14.3 Å². The zero-order valence-corrected chi connectivity index (χ0v) is 21.2. The average Bonchev–Trinajstić information content (AvgIpc) is 2.92. The molecule has 3 aromatic rings. The third kappa shape index (κ3) is 8.34. The first-order valence-electron chi connectivity index (χ1n) is 11.8. The maximum atomic E-state index is 13.6. The molecule has 0 saturated heterocycles. The van der Waals surface area contributed by atoms with Gasteiger partial charge in [0.05, 0.1) is 19.8 Å². The molecule has 1 unspecified atom stereocenters. The largest absolute Gasteiger partial charge is 0.493 e. The smallest absolute Gasteiger partial charge is 0.338 e. The van der Waals surface area contributed by atoms with Gasteiger partial charge in [-0.15, -0.1) is 0 Å². The number of methoxy groups -OCH3 is 2. The molecule has 8 heteroatoms. The van der Waals surface area contributed by atoms with Crippen LogP contribution in [0.5, 0.6) is 17.2 Å². The quantitative estimate of drug-likeness (QED) is 0.154. The van der Waals surface area contributed by atoms with Gasteiger partial charge in [-0.2, -0.15) is 0 Å². The van der Waals surface area contributed by atoms with Crippen molar-refractivity contribution < 1.29 is 33.2 Å². The number of aliphatic hydroxyl groups excluding tert-OH is 1. The molecule has 0 amide bonds. The van der Waals surface area contributed by atoms with Gasteiger partial charge in [-0.1, -0.05) is 30.3 Å². The van der Waals surface area contributed by atoms with E-state index in [1.54, 1.807) is 56.5 Å². The number of aryl methyl sites for hydroxylation is 1. The topological polar surface area (TPSA) is 86.3 Å². The van der Waals surface area contributed by atoms with Crippen LogP contribution in [0.4, 0.5) is 4.39 Å². The van der Waals surface area contributed by atoms with Crippen LogP contribution in [0.15, 0.2) is 66.7 Å². The molecular formula is C29H32FNO6. The van der Waals surface area contributed by atoms with Crippen molar-refractivity contribution >= 4 is 17.6 Å². The summed E-state index contributed by atoms with van der Waals surface area (Å²) in [6, 6.07) is 18.9. The van der Waals surface area contributed by atoms with E-state index in [2.05, 4.69) is 5.32 Å². The van der Waals surface area contributed by atoms with Crippen molar-refractivity contribution in [3.63, 3.8) is 0 Å². The molecule has 0 fully saturated rings. The molecule has 0 saturated carbocycles. The lowest BCUT2D eigenvalue weighted by Crippen LogP contribution is -2.33. The maximum absolute atomic E-state index is 13.6. The fourth-order valence-corrected chi connectivity index (χ4v) is 3.52. The van der Waals surface area contributed by atoms with Gasteiger partial charge in [0, 0.05) is 13.1 Å². The van der Waals surface area contributed by atoms with E-state index in [-0.39, 0.29) is 12.4 Å². The maximum Gasteiger partial charge on any atom is 0.338 e. The highest BCUT2D eigenvalue weighted by atomic mass is 19.1. The van der Waals surface area contributed by atoms with Gasteiger partial charge in [-0.3, -0.25) is 0 Å². The molecule has 37 heavy (non-hydrogen) atoms. The number of hydrogen-bond acceptors (Lipinski definition) is 7. The Labute approximate surface area is 216 Å². The van der Waals surface area contributed by atoms with E-state index in [4.69, 9.17) is 18.9 Å². The second-order valence-corrected chi connectivity index (χ2v) is 8.25. The van der Waals surface area contributed by atoms with Crippen molar-refractivity contribution in [1.82, 2.24) is 5.32 Å². The zero-order valence-electron chi connectivity index (χ0n) is 21.2.